The Morgan fingerprint density at radius 1 is 0.963 bits per heavy atom. The number of hydrogen-bond donors (Lipinski definition) is 2. The molecule has 0 aliphatic heterocycles. The van der Waals surface area contributed by atoms with Crippen molar-refractivity contribution in [2.45, 2.75) is 52.4 Å². The molecule has 0 unspecified atom stereocenters. The Morgan fingerprint density at radius 2 is 1.59 bits per heavy atom. The van der Waals surface area contributed by atoms with Gasteiger partial charge in [0.25, 0.3) is 0 Å². The van der Waals surface area contributed by atoms with Crippen LogP contribution in [-0.4, -0.2) is 36.5 Å². The van der Waals surface area contributed by atoms with E-state index < -0.39 is 18.2 Å². The number of aromatic carboxylic acids is 1. The molecule has 0 aliphatic carbocycles. The molecule has 0 aliphatic rings. The van der Waals surface area contributed by atoms with Crippen molar-refractivity contribution >= 4 is 23.9 Å². The van der Waals surface area contributed by atoms with E-state index in [-0.39, 0.29) is 23.6 Å². The summed E-state index contributed by atoms with van der Waals surface area (Å²) >= 11 is 0. The van der Waals surface area contributed by atoms with Gasteiger partial charge in [0.05, 0.1) is 13.2 Å². The Bertz CT molecular complexity index is 630. The molecule has 0 fully saturated rings. The average Bonchev–Trinajstić information content (AvgIpc) is 2.62. The number of amides is 1. The number of benzene rings is 1. The molecule has 150 valence electrons. The van der Waals surface area contributed by atoms with E-state index in [1.165, 1.54) is 18.2 Å². The third-order valence-electron chi connectivity index (χ3n) is 3.60. The van der Waals surface area contributed by atoms with E-state index >= 15 is 0 Å². The topological polar surface area (TPSA) is 111 Å². The van der Waals surface area contributed by atoms with Crippen molar-refractivity contribution in [1.82, 2.24) is 0 Å². The van der Waals surface area contributed by atoms with Crippen LogP contribution in [0.4, 0.5) is 15.3 Å². The minimum atomic E-state index is -1.27. The van der Waals surface area contributed by atoms with Gasteiger partial charge in [-0.25, -0.2) is 14.4 Å². The van der Waals surface area contributed by atoms with E-state index in [9.17, 15) is 19.5 Å². The van der Waals surface area contributed by atoms with Crippen LogP contribution in [0.25, 0.3) is 0 Å². The second-order valence-corrected chi connectivity index (χ2v) is 5.89. The van der Waals surface area contributed by atoms with E-state index in [2.05, 4.69) is 5.32 Å². The van der Waals surface area contributed by atoms with Gasteiger partial charge in [-0.3, -0.25) is 5.32 Å². The van der Waals surface area contributed by atoms with Gasteiger partial charge < -0.3 is 19.3 Å². The molecule has 0 heterocycles. The summed E-state index contributed by atoms with van der Waals surface area (Å²) in [6.45, 7) is 4.54. The number of carboxylic acid groups (broad SMARTS) is 1. The zero-order chi connectivity index (χ0) is 20.1. The molecule has 0 radical (unpaired) electrons. The summed E-state index contributed by atoms with van der Waals surface area (Å²) in [5, 5.41) is 11.7. The molecular formula is C19H27NO7. The SMILES string of the molecule is CCCCCOC(=O)Nc1ccc(C(=O)O)c(OC(=O)OCCCCC)c1. The first-order valence-electron chi connectivity index (χ1n) is 9.13. The van der Waals surface area contributed by atoms with Gasteiger partial charge >= 0.3 is 18.2 Å². The fourth-order valence-corrected chi connectivity index (χ4v) is 2.16. The molecule has 0 bridgehead atoms. The van der Waals surface area contributed by atoms with Crippen LogP contribution in [0.5, 0.6) is 5.75 Å². The summed E-state index contributed by atoms with van der Waals surface area (Å²) in [6.07, 6.45) is 3.66. The highest BCUT2D eigenvalue weighted by Gasteiger charge is 2.17. The van der Waals surface area contributed by atoms with Crippen molar-refractivity contribution < 1.29 is 33.7 Å². The van der Waals surface area contributed by atoms with Crippen molar-refractivity contribution in [2.75, 3.05) is 18.5 Å². The maximum Gasteiger partial charge on any atom is 0.513 e. The van der Waals surface area contributed by atoms with Crippen LogP contribution in [-0.2, 0) is 9.47 Å². The van der Waals surface area contributed by atoms with Crippen molar-refractivity contribution in [3.8, 4) is 5.75 Å². The molecular weight excluding hydrogens is 354 g/mol. The van der Waals surface area contributed by atoms with E-state index in [0.717, 1.165) is 32.1 Å². The summed E-state index contributed by atoms with van der Waals surface area (Å²) < 4.78 is 14.9. The fourth-order valence-electron chi connectivity index (χ4n) is 2.16. The first kappa shape index (κ1) is 22.3. The fraction of sp³-hybridized carbons (Fsp3) is 0.526. The van der Waals surface area contributed by atoms with Crippen LogP contribution >= 0.6 is 0 Å². The summed E-state index contributed by atoms with van der Waals surface area (Å²) in [5.74, 6) is -1.48. The number of carbonyl (C=O) groups excluding carboxylic acids is 2. The predicted octanol–water partition coefficient (Wildman–Crippen LogP) is 4.83. The van der Waals surface area contributed by atoms with Gasteiger partial charge in [0.2, 0.25) is 0 Å². The lowest BCUT2D eigenvalue weighted by Crippen LogP contribution is -2.16. The quantitative estimate of drug-likeness (QED) is 0.321. The zero-order valence-electron chi connectivity index (χ0n) is 15.8. The molecule has 2 N–H and O–H groups in total. The first-order chi connectivity index (χ1) is 13.0. The third kappa shape index (κ3) is 8.94. The monoisotopic (exact) mass is 381 g/mol. The minimum Gasteiger partial charge on any atom is -0.478 e. The lowest BCUT2D eigenvalue weighted by Gasteiger charge is -2.11. The molecule has 8 heteroatoms. The highest BCUT2D eigenvalue weighted by atomic mass is 16.7. The maximum absolute atomic E-state index is 11.7. The van der Waals surface area contributed by atoms with E-state index in [1.54, 1.807) is 0 Å². The van der Waals surface area contributed by atoms with Crippen molar-refractivity contribution in [1.29, 1.82) is 0 Å². The lowest BCUT2D eigenvalue weighted by atomic mass is 10.2. The molecule has 0 aromatic heterocycles. The second-order valence-electron chi connectivity index (χ2n) is 5.89. The van der Waals surface area contributed by atoms with Gasteiger partial charge in [-0.05, 0) is 25.0 Å². The van der Waals surface area contributed by atoms with Gasteiger partial charge in [-0.15, -0.1) is 0 Å². The number of hydrogen-bond acceptors (Lipinski definition) is 6. The lowest BCUT2D eigenvalue weighted by molar-refractivity contribution is 0.0689. The Hall–Kier alpha value is -2.77. The van der Waals surface area contributed by atoms with Gasteiger partial charge in [0.15, 0.2) is 5.75 Å². The average molecular weight is 381 g/mol. The van der Waals surface area contributed by atoms with Crippen LogP contribution in [0, 0.1) is 0 Å². The minimum absolute atomic E-state index is 0.192. The molecule has 8 nitrogen and oxygen atoms in total. The number of ether oxygens (including phenoxy) is 3. The number of carboxylic acids is 1. The number of anilines is 1. The van der Waals surface area contributed by atoms with Crippen LogP contribution in [0.3, 0.4) is 0 Å². The molecule has 27 heavy (non-hydrogen) atoms. The summed E-state index contributed by atoms with van der Waals surface area (Å²) in [7, 11) is 0. The van der Waals surface area contributed by atoms with E-state index in [1.807, 2.05) is 13.8 Å². The van der Waals surface area contributed by atoms with Crippen LogP contribution in [0.1, 0.15) is 62.7 Å². The van der Waals surface area contributed by atoms with Crippen LogP contribution in [0.15, 0.2) is 18.2 Å². The molecule has 0 saturated heterocycles. The van der Waals surface area contributed by atoms with Gasteiger partial charge in [0, 0.05) is 11.8 Å². The van der Waals surface area contributed by atoms with Crippen molar-refractivity contribution in [2.24, 2.45) is 0 Å². The molecule has 1 rings (SSSR count). The van der Waals surface area contributed by atoms with Crippen LogP contribution < -0.4 is 10.1 Å². The smallest absolute Gasteiger partial charge is 0.478 e. The van der Waals surface area contributed by atoms with Gasteiger partial charge in [0.1, 0.15) is 5.56 Å². The molecule has 0 atom stereocenters. The van der Waals surface area contributed by atoms with Gasteiger partial charge in [-0.2, -0.15) is 0 Å². The number of rotatable bonds is 11. The highest BCUT2D eigenvalue weighted by Crippen LogP contribution is 2.24. The van der Waals surface area contributed by atoms with Crippen molar-refractivity contribution in [3.05, 3.63) is 23.8 Å². The molecule has 1 aromatic carbocycles. The Morgan fingerprint density at radius 3 is 2.19 bits per heavy atom. The van der Waals surface area contributed by atoms with E-state index in [0.29, 0.717) is 13.0 Å². The van der Waals surface area contributed by atoms with Crippen LogP contribution in [0.2, 0.25) is 0 Å². The summed E-state index contributed by atoms with van der Waals surface area (Å²) in [5.41, 5.74) is 0.0247. The van der Waals surface area contributed by atoms with Gasteiger partial charge in [-0.1, -0.05) is 39.5 Å². The standard InChI is InChI=1S/C19H27NO7/c1-3-5-7-11-25-18(23)20-14-9-10-15(17(21)22)16(13-14)27-19(24)26-12-8-6-4-2/h9-10,13H,3-8,11-12H2,1-2H3,(H,20,23)(H,21,22). The number of nitrogens with one attached hydrogen (secondary N) is 1. The molecule has 1 amide bonds. The molecule has 0 spiro atoms. The summed E-state index contributed by atoms with van der Waals surface area (Å²) in [6, 6.07) is 3.86. The Balaban J connectivity index is 2.69. The first-order valence-corrected chi connectivity index (χ1v) is 9.13. The number of unbranched alkanes of at least 4 members (excludes halogenated alkanes) is 4. The third-order valence-corrected chi connectivity index (χ3v) is 3.60. The normalized spacial score (nSPS) is 10.1. The van der Waals surface area contributed by atoms with E-state index in [4.69, 9.17) is 14.2 Å². The maximum atomic E-state index is 11.7. The highest BCUT2D eigenvalue weighted by molar-refractivity contribution is 5.93. The second kappa shape index (κ2) is 12.6. The Labute approximate surface area is 158 Å². The largest absolute Gasteiger partial charge is 0.513 e. The predicted molar refractivity (Wildman–Crippen MR) is 99.4 cm³/mol. The molecule has 1 aromatic rings. The van der Waals surface area contributed by atoms with Crippen molar-refractivity contribution in [3.63, 3.8) is 0 Å². The molecule has 0 saturated carbocycles. The Kier molecular flexibility index (Phi) is 10.4. The summed E-state index contributed by atoms with van der Waals surface area (Å²) in [4.78, 5) is 34.8. The zero-order valence-corrected chi connectivity index (χ0v) is 15.8. The number of carbonyl (C=O) groups is 3.